The van der Waals surface area contributed by atoms with Gasteiger partial charge in [-0.15, -0.1) is 0 Å². The van der Waals surface area contributed by atoms with Crippen molar-refractivity contribution in [3.8, 4) is 0 Å². The van der Waals surface area contributed by atoms with Crippen LogP contribution in [0, 0.1) is 0 Å². The van der Waals surface area contributed by atoms with Crippen LogP contribution in [0.3, 0.4) is 0 Å². The smallest absolute Gasteiger partial charge is 0.0720 e. The zero-order valence-corrected chi connectivity index (χ0v) is 11.0. The average Bonchev–Trinajstić information content (AvgIpc) is 2.49. The van der Waals surface area contributed by atoms with Gasteiger partial charge in [-0.1, -0.05) is 47.0 Å². The lowest BCUT2D eigenvalue weighted by atomic mass is 9.89. The van der Waals surface area contributed by atoms with Crippen LogP contribution in [0.4, 0.5) is 0 Å². The molecule has 0 amide bonds. The van der Waals surface area contributed by atoms with Gasteiger partial charge in [-0.05, 0) is 29.5 Å². The topological polar surface area (TPSA) is 107 Å². The lowest BCUT2D eigenvalue weighted by Gasteiger charge is -2.32. The molecule has 1 aromatic rings. The number of azide groups is 2. The summed E-state index contributed by atoms with van der Waals surface area (Å²) in [5.41, 5.74) is 18.3. The van der Waals surface area contributed by atoms with Crippen molar-refractivity contribution in [2.75, 3.05) is 0 Å². The first-order valence-electron chi connectivity index (χ1n) is 6.59. The summed E-state index contributed by atoms with van der Waals surface area (Å²) < 4.78 is 5.86. The van der Waals surface area contributed by atoms with Gasteiger partial charge in [0.25, 0.3) is 0 Å². The predicted octanol–water partition coefficient (Wildman–Crippen LogP) is 4.11. The van der Waals surface area contributed by atoms with E-state index < -0.39 is 6.04 Å². The van der Waals surface area contributed by atoms with Gasteiger partial charge in [-0.2, -0.15) is 0 Å². The Morgan fingerprint density at radius 3 is 2.55 bits per heavy atom. The summed E-state index contributed by atoms with van der Waals surface area (Å²) in [4.78, 5) is 5.69. The third-order valence-corrected chi connectivity index (χ3v) is 3.46. The van der Waals surface area contributed by atoms with E-state index in [1.165, 1.54) is 0 Å². The lowest BCUT2D eigenvalue weighted by Crippen LogP contribution is -2.40. The normalized spacial score (nSPS) is 25.3. The second kappa shape index (κ2) is 7.40. The Balaban J connectivity index is 2.04. The fourth-order valence-corrected chi connectivity index (χ4v) is 2.48. The van der Waals surface area contributed by atoms with Crippen LogP contribution in [0.1, 0.15) is 24.8 Å². The van der Waals surface area contributed by atoms with Gasteiger partial charge in [0, 0.05) is 15.9 Å². The highest BCUT2D eigenvalue weighted by molar-refractivity contribution is 5.13. The highest BCUT2D eigenvalue weighted by Crippen LogP contribution is 2.27. The van der Waals surface area contributed by atoms with E-state index in [-0.39, 0.29) is 12.1 Å². The first-order chi connectivity index (χ1) is 9.85. The van der Waals surface area contributed by atoms with Crippen molar-refractivity contribution < 1.29 is 4.74 Å². The van der Waals surface area contributed by atoms with Crippen LogP contribution in [0.15, 0.2) is 40.6 Å². The molecule has 0 heterocycles. The zero-order valence-electron chi connectivity index (χ0n) is 11.0. The molecular weight excluding hydrogens is 256 g/mol. The molecule has 104 valence electrons. The van der Waals surface area contributed by atoms with E-state index in [2.05, 4.69) is 20.1 Å². The van der Waals surface area contributed by atoms with Crippen molar-refractivity contribution in [3.05, 3.63) is 56.8 Å². The number of nitrogens with zero attached hydrogens (tertiary/aromatic N) is 6. The van der Waals surface area contributed by atoms with Crippen LogP contribution >= 0.6 is 0 Å². The molecule has 2 rings (SSSR count). The van der Waals surface area contributed by atoms with Crippen molar-refractivity contribution >= 4 is 0 Å². The molecule has 3 atom stereocenters. The van der Waals surface area contributed by atoms with Crippen LogP contribution in [0.2, 0.25) is 0 Å². The molecule has 1 aliphatic rings. The molecule has 1 aliphatic carbocycles. The zero-order chi connectivity index (χ0) is 14.2. The average molecular weight is 272 g/mol. The fraction of sp³-hybridized carbons (Fsp3) is 0.538. The molecule has 0 N–H and O–H groups in total. The minimum Gasteiger partial charge on any atom is -0.373 e. The van der Waals surface area contributed by atoms with E-state index in [9.17, 15) is 0 Å². The highest BCUT2D eigenvalue weighted by atomic mass is 16.5. The van der Waals surface area contributed by atoms with E-state index in [1.807, 2.05) is 30.3 Å². The fourth-order valence-electron chi connectivity index (χ4n) is 2.48. The van der Waals surface area contributed by atoms with Gasteiger partial charge >= 0.3 is 0 Å². The molecule has 0 saturated heterocycles. The van der Waals surface area contributed by atoms with Gasteiger partial charge in [0.2, 0.25) is 0 Å². The number of rotatable bonds is 5. The molecule has 0 aliphatic heterocycles. The van der Waals surface area contributed by atoms with Crippen LogP contribution < -0.4 is 0 Å². The van der Waals surface area contributed by atoms with Gasteiger partial charge in [0.15, 0.2) is 0 Å². The van der Waals surface area contributed by atoms with Crippen molar-refractivity contribution in [2.45, 2.75) is 44.1 Å². The first kappa shape index (κ1) is 14.2. The Hall–Kier alpha value is -2.20. The van der Waals surface area contributed by atoms with E-state index in [4.69, 9.17) is 15.8 Å². The molecule has 0 spiro atoms. The van der Waals surface area contributed by atoms with Crippen LogP contribution in [-0.4, -0.2) is 18.2 Å². The van der Waals surface area contributed by atoms with Gasteiger partial charge in [0.05, 0.1) is 18.8 Å². The summed E-state index contributed by atoms with van der Waals surface area (Å²) in [5.74, 6) is 0. The lowest BCUT2D eigenvalue weighted by molar-refractivity contribution is -0.00109. The second-order valence-electron chi connectivity index (χ2n) is 4.73. The molecule has 0 aromatic heterocycles. The largest absolute Gasteiger partial charge is 0.373 e. The van der Waals surface area contributed by atoms with Gasteiger partial charge in [-0.25, -0.2) is 0 Å². The summed E-state index contributed by atoms with van der Waals surface area (Å²) in [5, 5.41) is 7.49. The van der Waals surface area contributed by atoms with Crippen molar-refractivity contribution in [1.29, 1.82) is 0 Å². The Bertz CT molecular complexity index is 521. The van der Waals surface area contributed by atoms with Gasteiger partial charge in [0.1, 0.15) is 0 Å². The third kappa shape index (κ3) is 3.65. The maximum absolute atomic E-state index is 8.68. The van der Waals surface area contributed by atoms with Crippen LogP contribution in [0.25, 0.3) is 20.9 Å². The van der Waals surface area contributed by atoms with Gasteiger partial charge < -0.3 is 4.74 Å². The summed E-state index contributed by atoms with van der Waals surface area (Å²) in [7, 11) is 0. The quantitative estimate of drug-likeness (QED) is 0.448. The summed E-state index contributed by atoms with van der Waals surface area (Å²) in [6, 6.07) is 9.08. The predicted molar refractivity (Wildman–Crippen MR) is 74.7 cm³/mol. The molecule has 0 radical (unpaired) electrons. The van der Waals surface area contributed by atoms with Gasteiger partial charge in [-0.3, -0.25) is 0 Å². The molecule has 0 unspecified atom stereocenters. The Kier molecular flexibility index (Phi) is 5.26. The molecule has 0 bridgehead atoms. The van der Waals surface area contributed by atoms with E-state index in [1.54, 1.807) is 0 Å². The monoisotopic (exact) mass is 272 g/mol. The molecule has 20 heavy (non-hydrogen) atoms. The van der Waals surface area contributed by atoms with E-state index in [0.29, 0.717) is 6.61 Å². The second-order valence-corrected chi connectivity index (χ2v) is 4.73. The molecular formula is C13H16N6O. The minimum atomic E-state index is -0.423. The molecule has 7 heteroatoms. The van der Waals surface area contributed by atoms with E-state index in [0.717, 1.165) is 24.8 Å². The maximum atomic E-state index is 8.68. The maximum Gasteiger partial charge on any atom is 0.0720 e. The number of ether oxygens (including phenoxy) is 1. The summed E-state index contributed by atoms with van der Waals surface area (Å²) in [6.07, 6.45) is 2.25. The van der Waals surface area contributed by atoms with Crippen LogP contribution in [0.5, 0.6) is 0 Å². The first-order valence-corrected chi connectivity index (χ1v) is 6.59. The standard InChI is InChI=1S/C13H16N6O/c14-18-16-11-7-4-8-12(13(11)17-19-15)20-9-10-5-2-1-3-6-10/h1-3,5-6,11-13H,4,7-9H2/t11-,12+,13+/m1/s1. The molecule has 1 saturated carbocycles. The summed E-state index contributed by atoms with van der Waals surface area (Å²) >= 11 is 0. The van der Waals surface area contributed by atoms with E-state index >= 15 is 0 Å². The summed E-state index contributed by atoms with van der Waals surface area (Å²) in [6.45, 7) is 0.464. The number of hydrogen-bond acceptors (Lipinski definition) is 3. The Labute approximate surface area is 116 Å². The third-order valence-electron chi connectivity index (χ3n) is 3.46. The Morgan fingerprint density at radius 2 is 1.85 bits per heavy atom. The number of hydrogen-bond donors (Lipinski definition) is 0. The minimum absolute atomic E-state index is 0.199. The number of benzene rings is 1. The van der Waals surface area contributed by atoms with Crippen molar-refractivity contribution in [1.82, 2.24) is 0 Å². The van der Waals surface area contributed by atoms with Crippen molar-refractivity contribution in [2.24, 2.45) is 10.2 Å². The molecule has 7 nitrogen and oxygen atoms in total. The van der Waals surface area contributed by atoms with Crippen LogP contribution in [-0.2, 0) is 11.3 Å². The molecule has 1 fully saturated rings. The molecule has 1 aromatic carbocycles. The Morgan fingerprint density at radius 1 is 1.10 bits per heavy atom. The van der Waals surface area contributed by atoms with Crippen molar-refractivity contribution in [3.63, 3.8) is 0 Å². The highest BCUT2D eigenvalue weighted by Gasteiger charge is 2.32. The SMILES string of the molecule is [N-]=[N+]=N[C@@H]1[C@@H](OCc2ccccc2)CCC[C@H]1N=[N+]=[N-].